The molecule has 1 aromatic rings. The van der Waals surface area contributed by atoms with Crippen molar-refractivity contribution in [3.05, 3.63) is 23.4 Å². The van der Waals surface area contributed by atoms with Crippen LogP contribution in [0.2, 0.25) is 0 Å². The minimum Gasteiger partial charge on any atom is -0.388 e. The summed E-state index contributed by atoms with van der Waals surface area (Å²) in [5.41, 5.74) is 7.30. The van der Waals surface area contributed by atoms with Crippen LogP contribution in [0.4, 0.5) is 5.82 Å². The molecule has 5 heteroatoms. The lowest BCUT2D eigenvalue weighted by Gasteiger charge is -2.36. The highest BCUT2D eigenvalue weighted by atomic mass is 16.5. The fourth-order valence-electron chi connectivity index (χ4n) is 2.58. The van der Waals surface area contributed by atoms with E-state index in [2.05, 4.69) is 4.98 Å². The van der Waals surface area contributed by atoms with Gasteiger partial charge in [0.25, 0.3) is 0 Å². The Balaban J connectivity index is 2.15. The number of hydrogen-bond donors (Lipinski definition) is 2. The maximum Gasteiger partial charge on any atom is 0.133 e. The minimum atomic E-state index is -0.690. The molecular formula is C14H23N3O2. The molecular weight excluding hydrogens is 242 g/mol. The molecule has 0 atom stereocenters. The van der Waals surface area contributed by atoms with Crippen molar-refractivity contribution < 1.29 is 9.84 Å². The Morgan fingerprint density at radius 3 is 2.79 bits per heavy atom. The molecule has 1 aliphatic rings. The van der Waals surface area contributed by atoms with Crippen LogP contribution >= 0.6 is 0 Å². The molecule has 2 heterocycles. The number of rotatable bonds is 4. The molecule has 0 bridgehead atoms. The number of pyridine rings is 1. The Kier molecular flexibility index (Phi) is 4.39. The van der Waals surface area contributed by atoms with Crippen molar-refractivity contribution in [2.45, 2.75) is 31.9 Å². The molecule has 0 saturated carbocycles. The van der Waals surface area contributed by atoms with E-state index in [9.17, 15) is 5.11 Å². The van der Waals surface area contributed by atoms with E-state index in [1.54, 1.807) is 6.20 Å². The maximum atomic E-state index is 10.6. The molecule has 1 saturated heterocycles. The van der Waals surface area contributed by atoms with E-state index in [-0.39, 0.29) is 0 Å². The van der Waals surface area contributed by atoms with Gasteiger partial charge >= 0.3 is 0 Å². The van der Waals surface area contributed by atoms with Gasteiger partial charge < -0.3 is 20.5 Å². The SMILES string of the molecule is Cc1ccnc(N(C)CC2(O)CCOCC2)c1CN. The molecule has 1 fully saturated rings. The molecule has 5 nitrogen and oxygen atoms in total. The van der Waals surface area contributed by atoms with Crippen LogP contribution in [0, 0.1) is 6.92 Å². The summed E-state index contributed by atoms with van der Waals surface area (Å²) in [7, 11) is 1.95. The van der Waals surface area contributed by atoms with Gasteiger partial charge in [-0.05, 0) is 18.6 Å². The second kappa shape index (κ2) is 5.86. The summed E-state index contributed by atoms with van der Waals surface area (Å²) in [6, 6.07) is 1.96. The second-order valence-corrected chi connectivity index (χ2v) is 5.33. The third-order valence-corrected chi connectivity index (χ3v) is 3.79. The van der Waals surface area contributed by atoms with Crippen molar-refractivity contribution in [3.8, 4) is 0 Å². The van der Waals surface area contributed by atoms with Crippen molar-refractivity contribution in [3.63, 3.8) is 0 Å². The topological polar surface area (TPSA) is 71.6 Å². The molecule has 0 unspecified atom stereocenters. The summed E-state index contributed by atoms with van der Waals surface area (Å²) >= 11 is 0. The summed E-state index contributed by atoms with van der Waals surface area (Å²) < 4.78 is 5.30. The van der Waals surface area contributed by atoms with Gasteiger partial charge in [0.05, 0.1) is 5.60 Å². The van der Waals surface area contributed by atoms with E-state index in [0.717, 1.165) is 16.9 Å². The predicted octanol–water partition coefficient (Wildman–Crippen LogP) is 0.826. The maximum absolute atomic E-state index is 10.6. The van der Waals surface area contributed by atoms with E-state index in [4.69, 9.17) is 10.5 Å². The van der Waals surface area contributed by atoms with Crippen molar-refractivity contribution in [1.29, 1.82) is 0 Å². The van der Waals surface area contributed by atoms with Gasteiger partial charge in [-0.1, -0.05) is 0 Å². The number of aromatic nitrogens is 1. The van der Waals surface area contributed by atoms with Gasteiger partial charge in [0.1, 0.15) is 5.82 Å². The van der Waals surface area contributed by atoms with Crippen molar-refractivity contribution in [2.24, 2.45) is 5.73 Å². The molecule has 19 heavy (non-hydrogen) atoms. The Labute approximate surface area is 114 Å². The third kappa shape index (κ3) is 3.23. The van der Waals surface area contributed by atoms with E-state index < -0.39 is 5.60 Å². The summed E-state index contributed by atoms with van der Waals surface area (Å²) in [5, 5.41) is 10.6. The number of aryl methyl sites for hydroxylation is 1. The fraction of sp³-hybridized carbons (Fsp3) is 0.643. The number of ether oxygens (including phenoxy) is 1. The van der Waals surface area contributed by atoms with Crippen LogP contribution in [0.3, 0.4) is 0 Å². The quantitative estimate of drug-likeness (QED) is 0.843. The van der Waals surface area contributed by atoms with Crippen LogP contribution in [0.5, 0.6) is 0 Å². The highest BCUT2D eigenvalue weighted by molar-refractivity contribution is 5.50. The number of nitrogens with two attached hydrogens (primary N) is 1. The van der Waals surface area contributed by atoms with Crippen LogP contribution in [0.1, 0.15) is 24.0 Å². The van der Waals surface area contributed by atoms with Crippen LogP contribution in [0.25, 0.3) is 0 Å². The highest BCUT2D eigenvalue weighted by Crippen LogP contribution is 2.25. The van der Waals surface area contributed by atoms with Gasteiger partial charge in [-0.2, -0.15) is 0 Å². The molecule has 0 radical (unpaired) electrons. The Bertz CT molecular complexity index is 431. The number of nitrogens with zero attached hydrogens (tertiary/aromatic N) is 2. The molecule has 0 amide bonds. The fourth-order valence-corrected chi connectivity index (χ4v) is 2.58. The Morgan fingerprint density at radius 1 is 1.47 bits per heavy atom. The molecule has 0 aromatic carbocycles. The Morgan fingerprint density at radius 2 is 2.16 bits per heavy atom. The monoisotopic (exact) mass is 265 g/mol. The number of anilines is 1. The highest BCUT2D eigenvalue weighted by Gasteiger charge is 2.31. The van der Waals surface area contributed by atoms with Crippen LogP contribution in [0.15, 0.2) is 12.3 Å². The summed E-state index contributed by atoms with van der Waals surface area (Å²) in [5.74, 6) is 0.863. The lowest BCUT2D eigenvalue weighted by Crippen LogP contribution is -2.46. The van der Waals surface area contributed by atoms with E-state index in [0.29, 0.717) is 39.1 Å². The first-order valence-electron chi connectivity index (χ1n) is 6.71. The molecule has 0 aliphatic carbocycles. The largest absolute Gasteiger partial charge is 0.388 e. The van der Waals surface area contributed by atoms with Crippen molar-refractivity contribution >= 4 is 5.82 Å². The molecule has 106 valence electrons. The van der Waals surface area contributed by atoms with Gasteiger partial charge in [-0.25, -0.2) is 4.98 Å². The predicted molar refractivity (Wildman–Crippen MR) is 75.1 cm³/mol. The van der Waals surface area contributed by atoms with Crippen LogP contribution in [-0.2, 0) is 11.3 Å². The van der Waals surface area contributed by atoms with Crippen molar-refractivity contribution in [1.82, 2.24) is 4.98 Å². The average molecular weight is 265 g/mol. The zero-order valence-corrected chi connectivity index (χ0v) is 11.7. The van der Waals surface area contributed by atoms with Crippen LogP contribution in [-0.4, -0.2) is 42.5 Å². The number of hydrogen-bond acceptors (Lipinski definition) is 5. The van der Waals surface area contributed by atoms with E-state index >= 15 is 0 Å². The van der Waals surface area contributed by atoms with Crippen LogP contribution < -0.4 is 10.6 Å². The average Bonchev–Trinajstić information content (AvgIpc) is 2.38. The lowest BCUT2D eigenvalue weighted by atomic mass is 9.93. The first-order chi connectivity index (χ1) is 9.06. The van der Waals surface area contributed by atoms with Gasteiger partial charge in [0.15, 0.2) is 0 Å². The first-order valence-corrected chi connectivity index (χ1v) is 6.71. The van der Waals surface area contributed by atoms with Gasteiger partial charge in [-0.15, -0.1) is 0 Å². The lowest BCUT2D eigenvalue weighted by molar-refractivity contribution is -0.0573. The smallest absolute Gasteiger partial charge is 0.133 e. The molecule has 3 N–H and O–H groups in total. The summed E-state index contributed by atoms with van der Waals surface area (Å²) in [6.45, 7) is 4.29. The molecule has 0 spiro atoms. The van der Waals surface area contributed by atoms with E-state index in [1.165, 1.54) is 0 Å². The zero-order chi connectivity index (χ0) is 13.9. The number of aliphatic hydroxyl groups is 1. The zero-order valence-electron chi connectivity index (χ0n) is 11.7. The standard InChI is InChI=1S/C14H23N3O2/c1-11-3-6-16-13(12(11)9-15)17(2)10-14(18)4-7-19-8-5-14/h3,6,18H,4-5,7-10,15H2,1-2H3. The summed E-state index contributed by atoms with van der Waals surface area (Å²) in [6.07, 6.45) is 3.12. The Hall–Kier alpha value is -1.17. The van der Waals surface area contributed by atoms with E-state index in [1.807, 2.05) is 24.9 Å². The van der Waals surface area contributed by atoms with Gasteiger partial charge in [0, 0.05) is 58.0 Å². The molecule has 1 aliphatic heterocycles. The minimum absolute atomic E-state index is 0.459. The summed E-state index contributed by atoms with van der Waals surface area (Å²) in [4.78, 5) is 6.41. The normalized spacial score (nSPS) is 18.3. The van der Waals surface area contributed by atoms with Gasteiger partial charge in [0.2, 0.25) is 0 Å². The second-order valence-electron chi connectivity index (χ2n) is 5.33. The third-order valence-electron chi connectivity index (χ3n) is 3.79. The van der Waals surface area contributed by atoms with Gasteiger partial charge in [-0.3, -0.25) is 0 Å². The number of likely N-dealkylation sites (N-methyl/N-ethyl adjacent to an activating group) is 1. The van der Waals surface area contributed by atoms with Crippen molar-refractivity contribution in [2.75, 3.05) is 31.7 Å². The molecule has 2 rings (SSSR count). The molecule has 1 aromatic heterocycles. The first kappa shape index (κ1) is 14.2.